The standard InChI is InChI=1S/C11H14O/c1-7-4-5-11-10(6-7)8(2)9(3)12-11/h4-6,8-9H,1-3H3/t8-,9-/m1/s1. The topological polar surface area (TPSA) is 9.23 Å². The van der Waals surface area contributed by atoms with E-state index in [1.165, 1.54) is 11.1 Å². The van der Waals surface area contributed by atoms with Crippen molar-refractivity contribution in [3.8, 4) is 5.75 Å². The molecule has 0 N–H and O–H groups in total. The Hall–Kier alpha value is -0.980. The van der Waals surface area contributed by atoms with Crippen LogP contribution in [0.3, 0.4) is 0 Å². The normalized spacial score (nSPS) is 26.6. The van der Waals surface area contributed by atoms with Crippen LogP contribution < -0.4 is 4.74 Å². The van der Waals surface area contributed by atoms with Gasteiger partial charge in [0.2, 0.25) is 0 Å². The number of ether oxygens (including phenoxy) is 1. The first-order valence-corrected chi connectivity index (χ1v) is 4.45. The van der Waals surface area contributed by atoms with Crippen LogP contribution in [0.2, 0.25) is 0 Å². The summed E-state index contributed by atoms with van der Waals surface area (Å²) >= 11 is 0. The van der Waals surface area contributed by atoms with E-state index in [0.717, 1.165) is 5.75 Å². The first-order valence-electron chi connectivity index (χ1n) is 4.45. The summed E-state index contributed by atoms with van der Waals surface area (Å²) in [4.78, 5) is 0. The third-order valence-corrected chi connectivity index (χ3v) is 2.67. The lowest BCUT2D eigenvalue weighted by molar-refractivity contribution is 0.232. The first-order chi connectivity index (χ1) is 5.68. The Labute approximate surface area is 73.4 Å². The van der Waals surface area contributed by atoms with Gasteiger partial charge in [-0.2, -0.15) is 0 Å². The largest absolute Gasteiger partial charge is 0.490 e. The highest BCUT2D eigenvalue weighted by atomic mass is 16.5. The van der Waals surface area contributed by atoms with Crippen LogP contribution in [-0.2, 0) is 0 Å². The first kappa shape index (κ1) is 7.66. The fraction of sp³-hybridized carbons (Fsp3) is 0.455. The molecule has 0 aromatic heterocycles. The zero-order chi connectivity index (χ0) is 8.72. The predicted molar refractivity (Wildman–Crippen MR) is 49.7 cm³/mol. The van der Waals surface area contributed by atoms with Gasteiger partial charge >= 0.3 is 0 Å². The Morgan fingerprint density at radius 3 is 2.75 bits per heavy atom. The molecule has 1 nitrogen and oxygen atoms in total. The average molecular weight is 162 g/mol. The summed E-state index contributed by atoms with van der Waals surface area (Å²) < 4.78 is 5.67. The van der Waals surface area contributed by atoms with Gasteiger partial charge in [0.1, 0.15) is 11.9 Å². The second kappa shape index (κ2) is 2.51. The van der Waals surface area contributed by atoms with Gasteiger partial charge in [-0.05, 0) is 19.9 Å². The maximum Gasteiger partial charge on any atom is 0.123 e. The fourth-order valence-electron chi connectivity index (χ4n) is 1.69. The van der Waals surface area contributed by atoms with Crippen LogP contribution in [0.1, 0.15) is 30.9 Å². The second-order valence-electron chi connectivity index (χ2n) is 3.65. The van der Waals surface area contributed by atoms with Gasteiger partial charge in [-0.15, -0.1) is 0 Å². The molecule has 1 heterocycles. The predicted octanol–water partition coefficient (Wildman–Crippen LogP) is 2.88. The van der Waals surface area contributed by atoms with Gasteiger partial charge in [-0.3, -0.25) is 0 Å². The summed E-state index contributed by atoms with van der Waals surface area (Å²) in [6.45, 7) is 6.46. The number of benzene rings is 1. The highest BCUT2D eigenvalue weighted by Crippen LogP contribution is 2.37. The van der Waals surface area contributed by atoms with Crippen LogP contribution in [0.25, 0.3) is 0 Å². The minimum Gasteiger partial charge on any atom is -0.490 e. The molecule has 1 aromatic rings. The quantitative estimate of drug-likeness (QED) is 0.570. The molecule has 0 aliphatic carbocycles. The van der Waals surface area contributed by atoms with Crippen molar-refractivity contribution in [3.05, 3.63) is 29.3 Å². The van der Waals surface area contributed by atoms with Gasteiger partial charge in [-0.25, -0.2) is 0 Å². The Kier molecular flexibility index (Phi) is 1.60. The van der Waals surface area contributed by atoms with Gasteiger partial charge in [0.05, 0.1) is 0 Å². The summed E-state index contributed by atoms with van der Waals surface area (Å²) in [5.74, 6) is 1.61. The monoisotopic (exact) mass is 162 g/mol. The van der Waals surface area contributed by atoms with Crippen LogP contribution in [0, 0.1) is 6.92 Å². The van der Waals surface area contributed by atoms with Crippen molar-refractivity contribution in [2.75, 3.05) is 0 Å². The van der Waals surface area contributed by atoms with E-state index in [2.05, 4.69) is 39.0 Å². The molecule has 0 radical (unpaired) electrons. The third-order valence-electron chi connectivity index (χ3n) is 2.67. The van der Waals surface area contributed by atoms with E-state index in [-0.39, 0.29) is 0 Å². The average Bonchev–Trinajstić information content (AvgIpc) is 2.31. The molecule has 0 fully saturated rings. The molecule has 2 rings (SSSR count). The minimum atomic E-state index is 0.335. The second-order valence-corrected chi connectivity index (χ2v) is 3.65. The minimum absolute atomic E-state index is 0.335. The Morgan fingerprint density at radius 1 is 1.25 bits per heavy atom. The highest BCUT2D eigenvalue weighted by molar-refractivity contribution is 5.42. The van der Waals surface area contributed by atoms with Crippen LogP contribution in [0.5, 0.6) is 5.75 Å². The van der Waals surface area contributed by atoms with E-state index in [9.17, 15) is 0 Å². The number of aryl methyl sites for hydroxylation is 1. The molecular formula is C11H14O. The molecule has 0 saturated heterocycles. The van der Waals surface area contributed by atoms with Crippen molar-refractivity contribution in [1.29, 1.82) is 0 Å². The molecular weight excluding hydrogens is 148 g/mol. The van der Waals surface area contributed by atoms with E-state index < -0.39 is 0 Å². The van der Waals surface area contributed by atoms with Crippen molar-refractivity contribution >= 4 is 0 Å². The lowest BCUT2D eigenvalue weighted by Crippen LogP contribution is -2.10. The van der Waals surface area contributed by atoms with Gasteiger partial charge in [0, 0.05) is 11.5 Å². The van der Waals surface area contributed by atoms with Gasteiger partial charge < -0.3 is 4.74 Å². The molecule has 12 heavy (non-hydrogen) atoms. The van der Waals surface area contributed by atoms with Crippen molar-refractivity contribution in [2.24, 2.45) is 0 Å². The smallest absolute Gasteiger partial charge is 0.123 e. The fourth-order valence-corrected chi connectivity index (χ4v) is 1.69. The Morgan fingerprint density at radius 2 is 2.00 bits per heavy atom. The highest BCUT2D eigenvalue weighted by Gasteiger charge is 2.26. The Balaban J connectivity index is 2.48. The molecule has 1 heteroatoms. The van der Waals surface area contributed by atoms with Gasteiger partial charge in [0.15, 0.2) is 0 Å². The Bertz CT molecular complexity index is 304. The van der Waals surface area contributed by atoms with Crippen LogP contribution in [-0.4, -0.2) is 6.10 Å². The zero-order valence-corrected chi connectivity index (χ0v) is 7.79. The summed E-state index contributed by atoms with van der Waals surface area (Å²) in [5.41, 5.74) is 2.68. The maximum absolute atomic E-state index is 5.67. The molecule has 2 atom stereocenters. The number of fused-ring (bicyclic) bond motifs is 1. The molecule has 0 unspecified atom stereocenters. The number of hydrogen-bond donors (Lipinski definition) is 0. The molecule has 64 valence electrons. The number of rotatable bonds is 0. The number of hydrogen-bond acceptors (Lipinski definition) is 1. The van der Waals surface area contributed by atoms with Crippen molar-refractivity contribution in [2.45, 2.75) is 32.8 Å². The van der Waals surface area contributed by atoms with Gasteiger partial charge in [-0.1, -0.05) is 24.6 Å². The summed E-state index contributed by atoms with van der Waals surface area (Å²) in [6.07, 6.45) is 0.335. The molecule has 1 aliphatic heterocycles. The molecule has 1 aliphatic rings. The van der Waals surface area contributed by atoms with Crippen LogP contribution >= 0.6 is 0 Å². The SMILES string of the molecule is Cc1ccc2c(c1)[C@H](C)[C@@H](C)O2. The molecule has 0 saturated carbocycles. The summed E-state index contributed by atoms with van der Waals surface area (Å²) in [6, 6.07) is 6.40. The zero-order valence-electron chi connectivity index (χ0n) is 7.79. The van der Waals surface area contributed by atoms with Crippen LogP contribution in [0.15, 0.2) is 18.2 Å². The van der Waals surface area contributed by atoms with E-state index in [0.29, 0.717) is 12.0 Å². The lowest BCUT2D eigenvalue weighted by atomic mass is 9.97. The maximum atomic E-state index is 5.67. The lowest BCUT2D eigenvalue weighted by Gasteiger charge is -2.07. The van der Waals surface area contributed by atoms with Crippen molar-refractivity contribution < 1.29 is 4.74 Å². The summed E-state index contributed by atoms with van der Waals surface area (Å²) in [7, 11) is 0. The molecule has 1 aromatic carbocycles. The van der Waals surface area contributed by atoms with Gasteiger partial charge in [0.25, 0.3) is 0 Å². The third kappa shape index (κ3) is 1.01. The van der Waals surface area contributed by atoms with E-state index in [4.69, 9.17) is 4.74 Å². The molecule has 0 spiro atoms. The van der Waals surface area contributed by atoms with Crippen LogP contribution in [0.4, 0.5) is 0 Å². The van der Waals surface area contributed by atoms with Crippen molar-refractivity contribution in [1.82, 2.24) is 0 Å². The van der Waals surface area contributed by atoms with E-state index in [1.54, 1.807) is 0 Å². The van der Waals surface area contributed by atoms with E-state index >= 15 is 0 Å². The molecule has 0 bridgehead atoms. The summed E-state index contributed by atoms with van der Waals surface area (Å²) in [5, 5.41) is 0. The van der Waals surface area contributed by atoms with Crippen molar-refractivity contribution in [3.63, 3.8) is 0 Å². The molecule has 0 amide bonds. The van der Waals surface area contributed by atoms with E-state index in [1.807, 2.05) is 0 Å².